The highest BCUT2D eigenvalue weighted by Gasteiger charge is 2.13. The number of nitrogens with zero attached hydrogens (tertiary/aromatic N) is 1. The maximum absolute atomic E-state index is 11.7. The predicted octanol–water partition coefficient (Wildman–Crippen LogP) is 2.19. The Morgan fingerprint density at radius 3 is 2.93 bits per heavy atom. The summed E-state index contributed by atoms with van der Waals surface area (Å²) in [6.45, 7) is 4.29. The molecule has 0 bridgehead atoms. The Morgan fingerprint density at radius 1 is 1.73 bits per heavy atom. The van der Waals surface area contributed by atoms with Crippen LogP contribution in [0.2, 0.25) is 0 Å². The fourth-order valence-corrected chi connectivity index (χ4v) is 1.71. The molecule has 0 saturated heterocycles. The van der Waals surface area contributed by atoms with Crippen molar-refractivity contribution in [2.24, 2.45) is 0 Å². The summed E-state index contributed by atoms with van der Waals surface area (Å²) in [7, 11) is 0. The van der Waals surface area contributed by atoms with Gasteiger partial charge in [0.25, 0.3) is 5.91 Å². The molecule has 0 radical (unpaired) electrons. The predicted molar refractivity (Wildman–Crippen MR) is 63.7 cm³/mol. The zero-order valence-electron chi connectivity index (χ0n) is 8.75. The van der Waals surface area contributed by atoms with Gasteiger partial charge in [-0.15, -0.1) is 6.42 Å². The molecule has 4 heteroatoms. The van der Waals surface area contributed by atoms with Crippen LogP contribution >= 0.6 is 15.9 Å². The van der Waals surface area contributed by atoms with Crippen molar-refractivity contribution >= 4 is 21.8 Å². The summed E-state index contributed by atoms with van der Waals surface area (Å²) in [6, 6.07) is 2.02. The molecule has 0 saturated carbocycles. The second kappa shape index (κ2) is 5.04. The lowest BCUT2D eigenvalue weighted by Gasteiger charge is -2.11. The number of halogens is 1. The minimum absolute atomic E-state index is 0.146. The van der Waals surface area contributed by atoms with Crippen molar-refractivity contribution in [1.29, 1.82) is 0 Å². The number of rotatable bonds is 3. The molecule has 0 unspecified atom stereocenters. The lowest BCUT2D eigenvalue weighted by molar-refractivity contribution is 0.0948. The number of carbonyl (C=O) groups is 1. The van der Waals surface area contributed by atoms with E-state index in [2.05, 4.69) is 27.2 Å². The average molecular weight is 269 g/mol. The second-order valence-corrected chi connectivity index (χ2v) is 4.35. The van der Waals surface area contributed by atoms with E-state index in [0.29, 0.717) is 5.69 Å². The number of terminal acetylenes is 1. The van der Waals surface area contributed by atoms with E-state index in [4.69, 9.17) is 6.42 Å². The van der Waals surface area contributed by atoms with Gasteiger partial charge in [-0.3, -0.25) is 4.79 Å². The highest BCUT2D eigenvalue weighted by Crippen LogP contribution is 2.19. The van der Waals surface area contributed by atoms with Gasteiger partial charge in [0.05, 0.1) is 6.54 Å². The molecule has 1 heterocycles. The maximum atomic E-state index is 11.7. The molecule has 15 heavy (non-hydrogen) atoms. The molecule has 0 atom stereocenters. The van der Waals surface area contributed by atoms with Crippen LogP contribution in [0.15, 0.2) is 16.7 Å². The highest BCUT2D eigenvalue weighted by atomic mass is 79.9. The first-order chi connectivity index (χ1) is 7.06. The Balaban J connectivity index is 2.93. The van der Waals surface area contributed by atoms with Crippen molar-refractivity contribution in [1.82, 2.24) is 9.88 Å². The molecule has 1 amide bonds. The molecular weight excluding hydrogens is 256 g/mol. The molecule has 0 fully saturated rings. The van der Waals surface area contributed by atoms with Crippen molar-refractivity contribution in [3.8, 4) is 12.3 Å². The number of nitrogens with one attached hydrogen (secondary N) is 1. The van der Waals surface area contributed by atoms with E-state index >= 15 is 0 Å². The summed E-state index contributed by atoms with van der Waals surface area (Å²) in [4.78, 5) is 11.7. The monoisotopic (exact) mass is 268 g/mol. The standard InChI is InChI=1S/C11H13BrN2O/c1-4-5-13-11(15)10-6-9(12)7-14(10)8(2)3/h1,6-8H,5H2,2-3H3,(H,13,15). The lowest BCUT2D eigenvalue weighted by Crippen LogP contribution is -2.26. The van der Waals surface area contributed by atoms with Crippen molar-refractivity contribution < 1.29 is 4.79 Å². The summed E-state index contributed by atoms with van der Waals surface area (Å²) in [6.07, 6.45) is 6.96. The molecule has 1 aromatic rings. The van der Waals surface area contributed by atoms with Gasteiger partial charge >= 0.3 is 0 Å². The molecule has 1 aromatic heterocycles. The van der Waals surface area contributed by atoms with Crippen LogP contribution in [-0.4, -0.2) is 17.0 Å². The Morgan fingerprint density at radius 2 is 2.40 bits per heavy atom. The number of hydrogen-bond acceptors (Lipinski definition) is 1. The summed E-state index contributed by atoms with van der Waals surface area (Å²) in [5.41, 5.74) is 0.618. The third-order valence-electron chi connectivity index (χ3n) is 1.96. The van der Waals surface area contributed by atoms with Gasteiger partial charge in [0.15, 0.2) is 0 Å². The Kier molecular flexibility index (Phi) is 3.98. The quantitative estimate of drug-likeness (QED) is 0.838. The average Bonchev–Trinajstić information content (AvgIpc) is 2.57. The van der Waals surface area contributed by atoms with E-state index < -0.39 is 0 Å². The maximum Gasteiger partial charge on any atom is 0.268 e. The molecule has 1 N–H and O–H groups in total. The van der Waals surface area contributed by atoms with E-state index in [1.807, 2.05) is 24.6 Å². The number of hydrogen-bond donors (Lipinski definition) is 1. The highest BCUT2D eigenvalue weighted by molar-refractivity contribution is 9.10. The van der Waals surface area contributed by atoms with Crippen LogP contribution in [0, 0.1) is 12.3 Å². The van der Waals surface area contributed by atoms with E-state index in [9.17, 15) is 4.79 Å². The minimum atomic E-state index is -0.146. The first-order valence-corrected chi connectivity index (χ1v) is 5.44. The van der Waals surface area contributed by atoms with Gasteiger partial charge in [-0.25, -0.2) is 0 Å². The summed E-state index contributed by atoms with van der Waals surface area (Å²) in [5.74, 6) is 2.22. The lowest BCUT2D eigenvalue weighted by atomic mass is 10.3. The van der Waals surface area contributed by atoms with Crippen molar-refractivity contribution in [3.63, 3.8) is 0 Å². The van der Waals surface area contributed by atoms with E-state index in [1.54, 1.807) is 6.07 Å². The third-order valence-corrected chi connectivity index (χ3v) is 2.39. The van der Waals surface area contributed by atoms with E-state index in [1.165, 1.54) is 0 Å². The zero-order valence-corrected chi connectivity index (χ0v) is 10.3. The van der Waals surface area contributed by atoms with Crippen LogP contribution in [0.5, 0.6) is 0 Å². The van der Waals surface area contributed by atoms with Gasteiger partial charge in [0, 0.05) is 16.7 Å². The van der Waals surface area contributed by atoms with Crippen molar-refractivity contribution in [3.05, 3.63) is 22.4 Å². The first kappa shape index (κ1) is 11.9. The number of amides is 1. The van der Waals surface area contributed by atoms with Crippen molar-refractivity contribution in [2.75, 3.05) is 6.54 Å². The molecule has 0 aliphatic carbocycles. The van der Waals surface area contributed by atoms with Crippen LogP contribution in [-0.2, 0) is 0 Å². The van der Waals surface area contributed by atoms with Crippen LogP contribution in [0.1, 0.15) is 30.4 Å². The Hall–Kier alpha value is -1.21. The van der Waals surface area contributed by atoms with Crippen LogP contribution in [0.4, 0.5) is 0 Å². The van der Waals surface area contributed by atoms with Gasteiger partial charge in [-0.05, 0) is 35.8 Å². The molecule has 0 aliphatic rings. The number of carbonyl (C=O) groups excluding carboxylic acids is 1. The van der Waals surface area contributed by atoms with Gasteiger partial charge < -0.3 is 9.88 Å². The van der Waals surface area contributed by atoms with Crippen LogP contribution in [0.3, 0.4) is 0 Å². The second-order valence-electron chi connectivity index (χ2n) is 3.43. The molecule has 0 aromatic carbocycles. The summed E-state index contributed by atoms with van der Waals surface area (Å²) < 4.78 is 2.79. The Bertz CT molecular complexity index is 401. The normalized spacial score (nSPS) is 10.1. The van der Waals surface area contributed by atoms with Crippen LogP contribution < -0.4 is 5.32 Å². The van der Waals surface area contributed by atoms with Gasteiger partial charge in [0.2, 0.25) is 0 Å². The Labute approximate surface area is 98.0 Å². The molecule has 0 aliphatic heterocycles. The largest absolute Gasteiger partial charge is 0.340 e. The fraction of sp³-hybridized carbons (Fsp3) is 0.364. The molecule has 1 rings (SSSR count). The number of aromatic nitrogens is 1. The smallest absolute Gasteiger partial charge is 0.268 e. The summed E-state index contributed by atoms with van der Waals surface area (Å²) >= 11 is 3.35. The topological polar surface area (TPSA) is 34.0 Å². The van der Waals surface area contributed by atoms with Gasteiger partial charge in [0.1, 0.15) is 5.69 Å². The van der Waals surface area contributed by atoms with E-state index in [0.717, 1.165) is 4.47 Å². The SMILES string of the molecule is C#CCNC(=O)c1cc(Br)cn1C(C)C. The fourth-order valence-electron chi connectivity index (χ4n) is 1.28. The first-order valence-electron chi connectivity index (χ1n) is 4.65. The molecule has 80 valence electrons. The minimum Gasteiger partial charge on any atom is -0.340 e. The van der Waals surface area contributed by atoms with Gasteiger partial charge in [-0.2, -0.15) is 0 Å². The molecule has 3 nitrogen and oxygen atoms in total. The van der Waals surface area contributed by atoms with Crippen molar-refractivity contribution in [2.45, 2.75) is 19.9 Å². The molecule has 0 spiro atoms. The van der Waals surface area contributed by atoms with Gasteiger partial charge in [-0.1, -0.05) is 5.92 Å². The third kappa shape index (κ3) is 2.87. The van der Waals surface area contributed by atoms with Crippen LogP contribution in [0.25, 0.3) is 0 Å². The zero-order chi connectivity index (χ0) is 11.4. The van der Waals surface area contributed by atoms with E-state index in [-0.39, 0.29) is 18.5 Å². The molecular formula is C11H13BrN2O. The summed E-state index contributed by atoms with van der Waals surface area (Å²) in [5, 5.41) is 2.64.